The van der Waals surface area contributed by atoms with Crippen molar-refractivity contribution >= 4 is 18.4 Å². The van der Waals surface area contributed by atoms with Crippen molar-refractivity contribution in [3.05, 3.63) is 77.4 Å². The zero-order valence-corrected chi connectivity index (χ0v) is 13.3. The van der Waals surface area contributed by atoms with Crippen molar-refractivity contribution < 1.29 is 14.7 Å². The summed E-state index contributed by atoms with van der Waals surface area (Å²) in [7, 11) is 0. The molecule has 0 saturated carbocycles. The second kappa shape index (κ2) is 9.84. The first-order valence-electron chi connectivity index (χ1n) is 7.67. The maximum Gasteiger partial charge on any atom is 0.407 e. The smallest absolute Gasteiger partial charge is 0.407 e. The Morgan fingerprint density at radius 3 is 2.54 bits per heavy atom. The van der Waals surface area contributed by atoms with E-state index in [1.54, 1.807) is 0 Å². The molecular weight excluding hydrogens is 304 g/mol. The molecule has 5 heteroatoms. The molecule has 0 spiro atoms. The van der Waals surface area contributed by atoms with Gasteiger partial charge in [-0.05, 0) is 17.5 Å². The highest BCUT2D eigenvalue weighted by Crippen LogP contribution is 2.09. The zero-order valence-electron chi connectivity index (χ0n) is 13.3. The van der Waals surface area contributed by atoms with Gasteiger partial charge in [-0.3, -0.25) is 0 Å². The minimum atomic E-state index is -0.430. The highest BCUT2D eigenvalue weighted by molar-refractivity contribution is 5.84. The molecule has 1 amide bonds. The van der Waals surface area contributed by atoms with Crippen LogP contribution >= 0.6 is 0 Å². The predicted octanol–water partition coefficient (Wildman–Crippen LogP) is 3.82. The van der Waals surface area contributed by atoms with Gasteiger partial charge in [0.25, 0.3) is 0 Å². The van der Waals surface area contributed by atoms with Gasteiger partial charge in [0.1, 0.15) is 6.61 Å². The molecule has 0 atom stereocenters. The van der Waals surface area contributed by atoms with Crippen LogP contribution in [-0.4, -0.2) is 24.1 Å². The molecule has 24 heavy (non-hydrogen) atoms. The number of alkyl carbamates (subject to hydrolysis) is 1. The molecule has 2 N–H and O–H groups in total. The molecular formula is C19H20N2O3. The molecule has 0 unspecified atom stereocenters. The zero-order chi connectivity index (χ0) is 17.0. The third-order valence-corrected chi connectivity index (χ3v) is 3.28. The number of oxime groups is 1. The van der Waals surface area contributed by atoms with E-state index in [1.807, 2.05) is 66.7 Å². The van der Waals surface area contributed by atoms with E-state index in [0.29, 0.717) is 13.0 Å². The van der Waals surface area contributed by atoms with Crippen LogP contribution in [-0.2, 0) is 11.3 Å². The Kier molecular flexibility index (Phi) is 7.08. The standard InChI is InChI=1S/C19H20N2O3/c22-19(24-15-16-8-2-1-3-9-16)20-13-7-6-11-17-10-4-5-12-18(17)14-21-23/h1-6,8-12,14,23H,7,13,15H2,(H,20,22). The molecule has 0 heterocycles. The number of ether oxygens (including phenoxy) is 1. The van der Waals surface area contributed by atoms with Gasteiger partial charge < -0.3 is 15.3 Å². The molecule has 0 bridgehead atoms. The van der Waals surface area contributed by atoms with Gasteiger partial charge in [-0.2, -0.15) is 0 Å². The minimum absolute atomic E-state index is 0.260. The number of hydrogen-bond acceptors (Lipinski definition) is 4. The van der Waals surface area contributed by atoms with Crippen LogP contribution in [0.5, 0.6) is 0 Å². The summed E-state index contributed by atoms with van der Waals surface area (Å²) in [6, 6.07) is 17.1. The van der Waals surface area contributed by atoms with Gasteiger partial charge in [-0.25, -0.2) is 4.79 Å². The summed E-state index contributed by atoms with van der Waals surface area (Å²) >= 11 is 0. The van der Waals surface area contributed by atoms with Crippen molar-refractivity contribution in [2.45, 2.75) is 13.0 Å². The Balaban J connectivity index is 1.70. The van der Waals surface area contributed by atoms with Crippen molar-refractivity contribution in [2.24, 2.45) is 5.16 Å². The second-order valence-corrected chi connectivity index (χ2v) is 5.05. The first-order chi connectivity index (χ1) is 11.8. The van der Waals surface area contributed by atoms with Crippen molar-refractivity contribution in [1.82, 2.24) is 5.32 Å². The lowest BCUT2D eigenvalue weighted by atomic mass is 10.1. The predicted molar refractivity (Wildman–Crippen MR) is 94.1 cm³/mol. The van der Waals surface area contributed by atoms with Gasteiger partial charge in [0.2, 0.25) is 0 Å². The van der Waals surface area contributed by atoms with Gasteiger partial charge in [0.15, 0.2) is 0 Å². The first kappa shape index (κ1) is 17.3. The van der Waals surface area contributed by atoms with E-state index in [0.717, 1.165) is 16.7 Å². The van der Waals surface area contributed by atoms with Gasteiger partial charge in [-0.15, -0.1) is 0 Å². The normalized spacial score (nSPS) is 11.0. The Morgan fingerprint density at radius 1 is 1.08 bits per heavy atom. The number of rotatable bonds is 7. The van der Waals surface area contributed by atoms with E-state index >= 15 is 0 Å². The van der Waals surface area contributed by atoms with Crippen LogP contribution < -0.4 is 5.32 Å². The summed E-state index contributed by atoms with van der Waals surface area (Å²) in [5.41, 5.74) is 2.73. The number of hydrogen-bond donors (Lipinski definition) is 2. The van der Waals surface area contributed by atoms with E-state index in [-0.39, 0.29) is 6.61 Å². The summed E-state index contributed by atoms with van der Waals surface area (Å²) in [6.45, 7) is 0.747. The molecule has 0 radical (unpaired) electrons. The quantitative estimate of drug-likeness (QED) is 0.352. The average molecular weight is 324 g/mol. The fourth-order valence-electron chi connectivity index (χ4n) is 2.08. The van der Waals surface area contributed by atoms with Crippen LogP contribution in [0, 0.1) is 0 Å². The highest BCUT2D eigenvalue weighted by atomic mass is 16.5. The van der Waals surface area contributed by atoms with Crippen LogP contribution in [0.3, 0.4) is 0 Å². The van der Waals surface area contributed by atoms with E-state index in [9.17, 15) is 4.79 Å². The summed E-state index contributed by atoms with van der Waals surface area (Å²) < 4.78 is 5.12. The van der Waals surface area contributed by atoms with Crippen LogP contribution in [0.1, 0.15) is 23.1 Å². The molecule has 0 aliphatic carbocycles. The van der Waals surface area contributed by atoms with Crippen LogP contribution in [0.25, 0.3) is 6.08 Å². The minimum Gasteiger partial charge on any atom is -0.445 e. The lowest BCUT2D eigenvalue weighted by Gasteiger charge is -2.06. The van der Waals surface area contributed by atoms with E-state index in [1.165, 1.54) is 6.21 Å². The van der Waals surface area contributed by atoms with Crippen molar-refractivity contribution in [3.8, 4) is 0 Å². The number of nitrogens with one attached hydrogen (secondary N) is 1. The molecule has 0 saturated heterocycles. The molecule has 0 aromatic heterocycles. The molecule has 0 aliphatic rings. The molecule has 0 aliphatic heterocycles. The topological polar surface area (TPSA) is 70.9 Å². The summed E-state index contributed by atoms with van der Waals surface area (Å²) in [5, 5.41) is 14.4. The fourth-order valence-corrected chi connectivity index (χ4v) is 2.08. The van der Waals surface area contributed by atoms with Crippen molar-refractivity contribution in [3.63, 3.8) is 0 Å². The lowest BCUT2D eigenvalue weighted by Crippen LogP contribution is -2.24. The van der Waals surface area contributed by atoms with E-state index < -0.39 is 6.09 Å². The molecule has 2 rings (SSSR count). The second-order valence-electron chi connectivity index (χ2n) is 5.05. The van der Waals surface area contributed by atoms with Crippen molar-refractivity contribution in [1.29, 1.82) is 0 Å². The monoisotopic (exact) mass is 324 g/mol. The van der Waals surface area contributed by atoms with Gasteiger partial charge in [-0.1, -0.05) is 71.9 Å². The largest absolute Gasteiger partial charge is 0.445 e. The summed E-state index contributed by atoms with van der Waals surface area (Å²) in [6.07, 6.45) is 5.50. The van der Waals surface area contributed by atoms with Gasteiger partial charge in [0, 0.05) is 12.1 Å². The van der Waals surface area contributed by atoms with Gasteiger partial charge >= 0.3 is 6.09 Å². The SMILES string of the molecule is O=C(NCCC=Cc1ccccc1C=NO)OCc1ccccc1. The fraction of sp³-hybridized carbons (Fsp3) is 0.158. The third kappa shape index (κ3) is 5.96. The Morgan fingerprint density at radius 2 is 1.79 bits per heavy atom. The molecule has 0 fully saturated rings. The summed E-state index contributed by atoms with van der Waals surface area (Å²) in [5.74, 6) is 0. The maximum absolute atomic E-state index is 11.6. The highest BCUT2D eigenvalue weighted by Gasteiger charge is 2.01. The number of carbonyl (C=O) groups excluding carboxylic acids is 1. The van der Waals surface area contributed by atoms with Crippen LogP contribution in [0.15, 0.2) is 65.8 Å². The lowest BCUT2D eigenvalue weighted by molar-refractivity contribution is 0.140. The van der Waals surface area contributed by atoms with Crippen LogP contribution in [0.2, 0.25) is 0 Å². The molecule has 5 nitrogen and oxygen atoms in total. The summed E-state index contributed by atoms with van der Waals surface area (Å²) in [4.78, 5) is 11.6. The number of amides is 1. The van der Waals surface area contributed by atoms with Crippen LogP contribution in [0.4, 0.5) is 4.79 Å². The molecule has 2 aromatic carbocycles. The average Bonchev–Trinajstić information content (AvgIpc) is 2.62. The Bertz CT molecular complexity index is 697. The third-order valence-electron chi connectivity index (χ3n) is 3.28. The maximum atomic E-state index is 11.6. The van der Waals surface area contributed by atoms with E-state index in [4.69, 9.17) is 9.94 Å². The van der Waals surface area contributed by atoms with Gasteiger partial charge in [0.05, 0.1) is 6.21 Å². The van der Waals surface area contributed by atoms with Crippen molar-refractivity contribution in [2.75, 3.05) is 6.54 Å². The molecule has 2 aromatic rings. The van der Waals surface area contributed by atoms with E-state index in [2.05, 4.69) is 10.5 Å². The Hall–Kier alpha value is -3.08. The number of carbonyl (C=O) groups is 1. The molecule has 124 valence electrons. The first-order valence-corrected chi connectivity index (χ1v) is 7.67. The number of nitrogens with zero attached hydrogens (tertiary/aromatic N) is 1. The number of benzene rings is 2. The Labute approximate surface area is 141 Å².